The third kappa shape index (κ3) is 3.29. The fraction of sp³-hybridized carbons (Fsp3) is 0.682. The minimum atomic E-state index is 0.208. The first kappa shape index (κ1) is 18.9. The maximum atomic E-state index is 5.92. The third-order valence-corrected chi connectivity index (χ3v) is 7.02. The van der Waals surface area contributed by atoms with Gasteiger partial charge in [0.05, 0.1) is 6.54 Å². The Morgan fingerprint density at radius 1 is 1.14 bits per heavy atom. The van der Waals surface area contributed by atoms with E-state index >= 15 is 0 Å². The highest BCUT2D eigenvalue weighted by Crippen LogP contribution is 2.52. The molecule has 2 aromatic rings. The summed E-state index contributed by atoms with van der Waals surface area (Å²) in [4.78, 5) is 2.57. The van der Waals surface area contributed by atoms with Crippen molar-refractivity contribution in [2.75, 3.05) is 19.8 Å². The molecule has 1 spiro atoms. The number of tetrazole rings is 1. The Labute approximate surface area is 172 Å². The van der Waals surface area contributed by atoms with Crippen LogP contribution in [0.3, 0.4) is 0 Å². The molecule has 1 fully saturated rings. The lowest BCUT2D eigenvalue weighted by atomic mass is 9.71. The smallest absolute Gasteiger partial charge is 0.165 e. The van der Waals surface area contributed by atoms with Crippen LogP contribution in [-0.2, 0) is 18.5 Å². The molecule has 1 aliphatic carbocycles. The summed E-state index contributed by atoms with van der Waals surface area (Å²) in [7, 11) is 0. The van der Waals surface area contributed by atoms with Gasteiger partial charge in [0.2, 0.25) is 0 Å². The molecule has 0 amide bonds. The van der Waals surface area contributed by atoms with Crippen LogP contribution in [0, 0.1) is 0 Å². The molecule has 5 rings (SSSR count). The quantitative estimate of drug-likeness (QED) is 0.768. The molecule has 1 aromatic heterocycles. The Morgan fingerprint density at radius 3 is 2.66 bits per heavy atom. The molecule has 0 N–H and O–H groups in total. The summed E-state index contributed by atoms with van der Waals surface area (Å²) in [5.74, 6) is 2.79. The van der Waals surface area contributed by atoms with Crippen molar-refractivity contribution >= 4 is 0 Å². The summed E-state index contributed by atoms with van der Waals surface area (Å²) in [5, 5.41) is 12.5. The molecule has 2 aliphatic heterocycles. The van der Waals surface area contributed by atoms with Crippen LogP contribution < -0.4 is 9.47 Å². The summed E-state index contributed by atoms with van der Waals surface area (Å²) in [6.07, 6.45) is 7.31. The first-order valence-corrected chi connectivity index (χ1v) is 11.1. The van der Waals surface area contributed by atoms with Gasteiger partial charge < -0.3 is 9.47 Å². The van der Waals surface area contributed by atoms with Crippen LogP contribution in [0.1, 0.15) is 75.4 Å². The van der Waals surface area contributed by atoms with E-state index in [1.807, 2.05) is 4.68 Å². The summed E-state index contributed by atoms with van der Waals surface area (Å²) in [5.41, 5.74) is 3.07. The predicted molar refractivity (Wildman–Crippen MR) is 109 cm³/mol. The van der Waals surface area contributed by atoms with Gasteiger partial charge in [-0.15, -0.1) is 5.10 Å². The van der Waals surface area contributed by atoms with Crippen molar-refractivity contribution < 1.29 is 9.47 Å². The maximum absolute atomic E-state index is 5.92. The minimum absolute atomic E-state index is 0.208. The highest BCUT2D eigenvalue weighted by molar-refractivity contribution is 5.53. The van der Waals surface area contributed by atoms with E-state index in [-0.39, 0.29) is 5.41 Å². The van der Waals surface area contributed by atoms with Crippen LogP contribution in [0.25, 0.3) is 0 Å². The average Bonchev–Trinajstić information content (AvgIpc) is 3.39. The van der Waals surface area contributed by atoms with Gasteiger partial charge in [0.15, 0.2) is 17.3 Å². The number of nitrogens with zero attached hydrogens (tertiary/aromatic N) is 5. The van der Waals surface area contributed by atoms with Gasteiger partial charge in [-0.05, 0) is 59.9 Å². The van der Waals surface area contributed by atoms with Crippen LogP contribution in [0.4, 0.5) is 0 Å². The Balaban J connectivity index is 1.49. The van der Waals surface area contributed by atoms with Crippen molar-refractivity contribution in [3.8, 4) is 11.5 Å². The Bertz CT molecular complexity index is 874. The fourth-order valence-corrected chi connectivity index (χ4v) is 5.39. The topological polar surface area (TPSA) is 65.3 Å². The number of hydrogen-bond donors (Lipinski definition) is 0. The zero-order valence-corrected chi connectivity index (χ0v) is 17.6. The number of aromatic nitrogens is 4. The number of rotatable bonds is 5. The average molecular weight is 398 g/mol. The van der Waals surface area contributed by atoms with Gasteiger partial charge in [-0.1, -0.05) is 26.2 Å². The predicted octanol–water partition coefficient (Wildman–Crippen LogP) is 3.63. The molecular weight excluding hydrogens is 366 g/mol. The van der Waals surface area contributed by atoms with Crippen molar-refractivity contribution in [1.29, 1.82) is 0 Å². The second kappa shape index (κ2) is 7.59. The molecule has 7 nitrogen and oxygen atoms in total. The van der Waals surface area contributed by atoms with Crippen molar-refractivity contribution in [2.45, 2.75) is 76.9 Å². The second-order valence-corrected chi connectivity index (χ2v) is 8.82. The van der Waals surface area contributed by atoms with Crippen LogP contribution >= 0.6 is 0 Å². The van der Waals surface area contributed by atoms with E-state index in [0.717, 1.165) is 49.8 Å². The Morgan fingerprint density at radius 2 is 1.90 bits per heavy atom. The van der Waals surface area contributed by atoms with Crippen LogP contribution in [0.2, 0.25) is 0 Å². The Kier molecular flexibility index (Phi) is 4.94. The lowest BCUT2D eigenvalue weighted by Gasteiger charge is -2.46. The van der Waals surface area contributed by atoms with E-state index in [2.05, 4.69) is 46.4 Å². The van der Waals surface area contributed by atoms with E-state index in [4.69, 9.17) is 9.47 Å². The molecule has 1 saturated carbocycles. The van der Waals surface area contributed by atoms with Crippen LogP contribution in [-0.4, -0.2) is 44.9 Å². The van der Waals surface area contributed by atoms with Gasteiger partial charge in [-0.3, -0.25) is 4.90 Å². The van der Waals surface area contributed by atoms with Crippen LogP contribution in [0.5, 0.6) is 11.5 Å². The van der Waals surface area contributed by atoms with Gasteiger partial charge >= 0.3 is 0 Å². The normalized spacial score (nSPS) is 22.8. The lowest BCUT2D eigenvalue weighted by Crippen LogP contribution is -2.46. The highest BCUT2D eigenvalue weighted by atomic mass is 16.6. The summed E-state index contributed by atoms with van der Waals surface area (Å²) in [6.45, 7) is 8.50. The number of benzene rings is 1. The molecule has 0 radical (unpaired) electrons. The molecule has 0 saturated heterocycles. The molecule has 1 unspecified atom stereocenters. The van der Waals surface area contributed by atoms with Crippen molar-refractivity contribution in [3.63, 3.8) is 0 Å². The largest absolute Gasteiger partial charge is 0.486 e. The van der Waals surface area contributed by atoms with E-state index in [1.165, 1.54) is 36.8 Å². The van der Waals surface area contributed by atoms with Crippen molar-refractivity contribution in [2.24, 2.45) is 0 Å². The lowest BCUT2D eigenvalue weighted by molar-refractivity contribution is 0.120. The molecule has 3 heterocycles. The monoisotopic (exact) mass is 397 g/mol. The van der Waals surface area contributed by atoms with Gasteiger partial charge in [0, 0.05) is 24.5 Å². The first-order chi connectivity index (χ1) is 14.2. The van der Waals surface area contributed by atoms with E-state index in [1.54, 1.807) is 0 Å². The number of unbranched alkanes of at least 4 members (excludes halogenated alkanes) is 1. The fourth-order valence-electron chi connectivity index (χ4n) is 5.39. The molecule has 3 aliphatic rings. The number of hydrogen-bond acceptors (Lipinski definition) is 6. The van der Waals surface area contributed by atoms with Crippen molar-refractivity contribution in [1.82, 2.24) is 25.1 Å². The third-order valence-electron chi connectivity index (χ3n) is 7.02. The molecule has 1 aromatic carbocycles. The van der Waals surface area contributed by atoms with Crippen molar-refractivity contribution in [3.05, 3.63) is 29.1 Å². The van der Waals surface area contributed by atoms with Gasteiger partial charge in [0.1, 0.15) is 13.2 Å². The van der Waals surface area contributed by atoms with Gasteiger partial charge in [-0.2, -0.15) is 0 Å². The SMILES string of the molecule is CCCCn1nnnc1CN1CC2(CCCC2)c2cc3c(cc2C1C)OCCO3. The second-order valence-electron chi connectivity index (χ2n) is 8.82. The zero-order chi connectivity index (χ0) is 19.8. The number of fused-ring (bicyclic) bond motifs is 3. The van der Waals surface area contributed by atoms with E-state index < -0.39 is 0 Å². The summed E-state index contributed by atoms with van der Waals surface area (Å²) >= 11 is 0. The standard InChI is InChI=1S/C22H31N5O2/c1-3-4-9-27-21(23-24-25-27)14-26-15-22(7-5-6-8-22)18-13-20-19(28-10-11-29-20)12-17(18)16(26)2/h12-13,16H,3-11,14-15H2,1-2H3. The first-order valence-electron chi connectivity index (χ1n) is 11.1. The zero-order valence-electron chi connectivity index (χ0n) is 17.6. The van der Waals surface area contributed by atoms with E-state index in [9.17, 15) is 0 Å². The maximum Gasteiger partial charge on any atom is 0.165 e. The number of aryl methyl sites for hydroxylation is 1. The van der Waals surface area contributed by atoms with Crippen LogP contribution in [0.15, 0.2) is 12.1 Å². The molecule has 0 bridgehead atoms. The van der Waals surface area contributed by atoms with Gasteiger partial charge in [-0.25, -0.2) is 4.68 Å². The summed E-state index contributed by atoms with van der Waals surface area (Å²) < 4.78 is 13.8. The molecule has 29 heavy (non-hydrogen) atoms. The molecule has 156 valence electrons. The van der Waals surface area contributed by atoms with E-state index in [0.29, 0.717) is 19.3 Å². The minimum Gasteiger partial charge on any atom is -0.486 e. The molecular formula is C22H31N5O2. The number of ether oxygens (including phenoxy) is 2. The molecule has 7 heteroatoms. The Hall–Kier alpha value is -2.15. The highest BCUT2D eigenvalue weighted by Gasteiger charge is 2.45. The summed E-state index contributed by atoms with van der Waals surface area (Å²) in [6, 6.07) is 4.82. The molecule has 1 atom stereocenters. The van der Waals surface area contributed by atoms with Gasteiger partial charge in [0.25, 0.3) is 0 Å².